The molecule has 1 aliphatic rings. The van der Waals surface area contributed by atoms with Gasteiger partial charge in [-0.05, 0) is 24.3 Å². The summed E-state index contributed by atoms with van der Waals surface area (Å²) in [6, 6.07) is 3.83. The lowest BCUT2D eigenvalue weighted by Crippen LogP contribution is -2.30. The largest absolute Gasteiger partial charge is 0.467 e. The fraction of sp³-hybridized carbons (Fsp3) is 0.385. The van der Waals surface area contributed by atoms with Crippen LogP contribution in [0.15, 0.2) is 17.5 Å². The van der Waals surface area contributed by atoms with Crippen molar-refractivity contribution in [1.29, 1.82) is 0 Å². The van der Waals surface area contributed by atoms with E-state index in [1.807, 2.05) is 17.5 Å². The normalized spacial score (nSPS) is 20.8. The zero-order valence-electron chi connectivity index (χ0n) is 11.6. The molecule has 0 saturated carbocycles. The van der Waals surface area contributed by atoms with Gasteiger partial charge in [-0.1, -0.05) is 6.07 Å². The molecule has 9 heteroatoms. The van der Waals surface area contributed by atoms with Crippen LogP contribution in [0.4, 0.5) is 5.13 Å². The molecule has 0 radical (unpaired) electrons. The van der Waals surface area contributed by atoms with Crippen LogP contribution in [0.5, 0.6) is 0 Å². The number of nitrogens with one attached hydrogen (secondary N) is 1. The van der Waals surface area contributed by atoms with Crippen LogP contribution in [0.25, 0.3) is 10.7 Å². The third-order valence-electron chi connectivity index (χ3n) is 3.17. The summed E-state index contributed by atoms with van der Waals surface area (Å²) < 4.78 is 14.2. The van der Waals surface area contributed by atoms with Crippen LogP contribution < -0.4 is 5.32 Å². The number of anilines is 1. The van der Waals surface area contributed by atoms with Gasteiger partial charge in [0.1, 0.15) is 6.10 Å². The lowest BCUT2D eigenvalue weighted by atomic mass is 10.2. The van der Waals surface area contributed by atoms with Crippen molar-refractivity contribution in [3.63, 3.8) is 0 Å². The van der Waals surface area contributed by atoms with E-state index in [2.05, 4.69) is 19.4 Å². The number of esters is 1. The summed E-state index contributed by atoms with van der Waals surface area (Å²) in [6.07, 6.45) is -0.390. The highest BCUT2D eigenvalue weighted by molar-refractivity contribution is 7.14. The van der Waals surface area contributed by atoms with Gasteiger partial charge in [-0.25, -0.2) is 4.79 Å². The number of ether oxygens (including phenoxy) is 2. The van der Waals surface area contributed by atoms with E-state index in [0.717, 1.165) is 16.4 Å². The minimum atomic E-state index is -0.670. The molecule has 2 atom stereocenters. The van der Waals surface area contributed by atoms with Gasteiger partial charge < -0.3 is 9.47 Å². The first kappa shape index (κ1) is 15.1. The number of aromatic nitrogens is 2. The average Bonchev–Trinajstić information content (AvgIpc) is 3.25. The molecule has 0 aliphatic carbocycles. The lowest BCUT2D eigenvalue weighted by Gasteiger charge is -2.10. The Kier molecular flexibility index (Phi) is 4.46. The predicted octanol–water partition coefficient (Wildman–Crippen LogP) is 1.93. The molecular weight excluding hydrogens is 326 g/mol. The van der Waals surface area contributed by atoms with Crippen LogP contribution in [0.1, 0.15) is 12.8 Å². The first-order valence-electron chi connectivity index (χ1n) is 6.59. The highest BCUT2D eigenvalue weighted by atomic mass is 32.1. The second kappa shape index (κ2) is 6.51. The summed E-state index contributed by atoms with van der Waals surface area (Å²) in [5.74, 6) is -0.179. The Morgan fingerprint density at radius 1 is 1.41 bits per heavy atom. The summed E-state index contributed by atoms with van der Waals surface area (Å²) in [4.78, 5) is 28.7. The Balaban J connectivity index is 1.60. The number of thiophene rings is 1. The number of rotatable bonds is 4. The zero-order valence-corrected chi connectivity index (χ0v) is 13.3. The van der Waals surface area contributed by atoms with Crippen molar-refractivity contribution in [3.8, 4) is 10.7 Å². The van der Waals surface area contributed by atoms with Crippen molar-refractivity contribution in [2.75, 3.05) is 12.4 Å². The molecular formula is C13H13N3O4S2. The topological polar surface area (TPSA) is 90.4 Å². The van der Waals surface area contributed by atoms with E-state index < -0.39 is 18.2 Å². The molecule has 0 spiro atoms. The molecule has 1 N–H and O–H groups in total. The van der Waals surface area contributed by atoms with Gasteiger partial charge in [0.05, 0.1) is 12.0 Å². The second-order valence-electron chi connectivity index (χ2n) is 4.60. The first-order chi connectivity index (χ1) is 10.7. The summed E-state index contributed by atoms with van der Waals surface area (Å²) >= 11 is 2.65. The van der Waals surface area contributed by atoms with Crippen LogP contribution in [0, 0.1) is 0 Å². The molecule has 116 valence electrons. The molecule has 1 aliphatic heterocycles. The lowest BCUT2D eigenvalue weighted by molar-refractivity contribution is -0.154. The molecule has 1 amide bonds. The summed E-state index contributed by atoms with van der Waals surface area (Å²) in [5.41, 5.74) is 0. The van der Waals surface area contributed by atoms with Gasteiger partial charge in [-0.2, -0.15) is 9.36 Å². The van der Waals surface area contributed by atoms with E-state index in [4.69, 9.17) is 4.74 Å². The maximum Gasteiger partial charge on any atom is 0.335 e. The molecule has 2 aromatic heterocycles. The van der Waals surface area contributed by atoms with Crippen LogP contribution >= 0.6 is 22.9 Å². The molecule has 1 fully saturated rings. The van der Waals surface area contributed by atoms with Gasteiger partial charge in [-0.3, -0.25) is 10.1 Å². The number of nitrogens with zero attached hydrogens (tertiary/aromatic N) is 2. The molecule has 0 aromatic carbocycles. The van der Waals surface area contributed by atoms with Crippen LogP contribution in [0.3, 0.4) is 0 Å². The summed E-state index contributed by atoms with van der Waals surface area (Å²) in [6.45, 7) is 0. The average molecular weight is 339 g/mol. The first-order valence-corrected chi connectivity index (χ1v) is 8.24. The SMILES string of the molecule is COC(=O)[C@H]1CC[C@@H](C(=O)Nc2nc(-c3cccs3)ns2)O1. The highest BCUT2D eigenvalue weighted by Crippen LogP contribution is 2.26. The maximum atomic E-state index is 12.1. The fourth-order valence-corrected chi connectivity index (χ4v) is 3.40. The van der Waals surface area contributed by atoms with Gasteiger partial charge in [0.25, 0.3) is 5.91 Å². The van der Waals surface area contributed by atoms with E-state index in [1.165, 1.54) is 18.4 Å². The maximum absolute atomic E-state index is 12.1. The smallest absolute Gasteiger partial charge is 0.335 e. The van der Waals surface area contributed by atoms with E-state index in [0.29, 0.717) is 23.8 Å². The molecule has 2 aromatic rings. The zero-order chi connectivity index (χ0) is 15.5. The molecule has 7 nitrogen and oxygen atoms in total. The quantitative estimate of drug-likeness (QED) is 0.856. The Bertz CT molecular complexity index is 671. The number of amides is 1. The van der Waals surface area contributed by atoms with Crippen LogP contribution in [0.2, 0.25) is 0 Å². The number of hydrogen-bond donors (Lipinski definition) is 1. The summed E-state index contributed by atoms with van der Waals surface area (Å²) in [5, 5.41) is 5.03. The molecule has 3 heterocycles. The number of methoxy groups -OCH3 is 1. The molecule has 22 heavy (non-hydrogen) atoms. The Labute approximate surface area is 134 Å². The second-order valence-corrected chi connectivity index (χ2v) is 6.30. The fourth-order valence-electron chi connectivity index (χ4n) is 2.10. The molecule has 3 rings (SSSR count). The van der Waals surface area contributed by atoms with Gasteiger partial charge in [0.2, 0.25) is 5.13 Å². The van der Waals surface area contributed by atoms with Crippen molar-refractivity contribution < 1.29 is 19.1 Å². The minimum absolute atomic E-state index is 0.319. The van der Waals surface area contributed by atoms with Crippen molar-refractivity contribution >= 4 is 39.9 Å². The van der Waals surface area contributed by atoms with Gasteiger partial charge >= 0.3 is 5.97 Å². The van der Waals surface area contributed by atoms with Crippen LogP contribution in [-0.4, -0.2) is 40.6 Å². The van der Waals surface area contributed by atoms with Crippen molar-refractivity contribution in [3.05, 3.63) is 17.5 Å². The van der Waals surface area contributed by atoms with Crippen molar-refractivity contribution in [2.24, 2.45) is 0 Å². The standard InChI is InChI=1S/C13H13N3O4S2/c1-19-12(18)8-5-4-7(20-8)11(17)15-13-14-10(16-22-13)9-3-2-6-21-9/h2-3,6-8H,4-5H2,1H3,(H,14,15,16,17)/t7-,8+/m0/s1. The van der Waals surface area contributed by atoms with Crippen LogP contribution in [-0.2, 0) is 19.1 Å². The molecule has 0 bridgehead atoms. The summed E-state index contributed by atoms with van der Waals surface area (Å²) in [7, 11) is 1.30. The number of carbonyl (C=O) groups excluding carboxylic acids is 2. The number of carbonyl (C=O) groups is 2. The van der Waals surface area contributed by atoms with Gasteiger partial charge in [0, 0.05) is 11.5 Å². The van der Waals surface area contributed by atoms with E-state index in [-0.39, 0.29) is 5.91 Å². The predicted molar refractivity (Wildman–Crippen MR) is 81.8 cm³/mol. The number of hydrogen-bond acceptors (Lipinski definition) is 8. The van der Waals surface area contributed by atoms with Gasteiger partial charge in [0.15, 0.2) is 11.9 Å². The van der Waals surface area contributed by atoms with Crippen molar-refractivity contribution in [2.45, 2.75) is 25.0 Å². The molecule has 1 saturated heterocycles. The third-order valence-corrected chi connectivity index (χ3v) is 4.67. The highest BCUT2D eigenvalue weighted by Gasteiger charge is 2.35. The monoisotopic (exact) mass is 339 g/mol. The third kappa shape index (κ3) is 3.16. The van der Waals surface area contributed by atoms with Gasteiger partial charge in [-0.15, -0.1) is 11.3 Å². The Morgan fingerprint density at radius 2 is 2.23 bits per heavy atom. The Hall–Kier alpha value is -1.84. The van der Waals surface area contributed by atoms with E-state index >= 15 is 0 Å². The van der Waals surface area contributed by atoms with Crippen molar-refractivity contribution in [1.82, 2.24) is 9.36 Å². The Morgan fingerprint density at radius 3 is 2.95 bits per heavy atom. The van der Waals surface area contributed by atoms with E-state index in [9.17, 15) is 9.59 Å². The molecule has 0 unspecified atom stereocenters. The van der Waals surface area contributed by atoms with E-state index in [1.54, 1.807) is 0 Å². The minimum Gasteiger partial charge on any atom is -0.467 e.